The molecule has 1 aliphatic rings. The van der Waals surface area contributed by atoms with Crippen molar-refractivity contribution in [1.29, 1.82) is 0 Å². The van der Waals surface area contributed by atoms with Crippen LogP contribution in [0, 0.1) is 5.92 Å². The number of rotatable bonds is 7. The molecule has 0 N–H and O–H groups in total. The van der Waals surface area contributed by atoms with E-state index in [1.807, 2.05) is 0 Å². The van der Waals surface area contributed by atoms with Crippen molar-refractivity contribution in [3.05, 3.63) is 35.7 Å². The lowest BCUT2D eigenvalue weighted by atomic mass is 10.1. The summed E-state index contributed by atoms with van der Waals surface area (Å²) in [6.07, 6.45) is 1.09. The van der Waals surface area contributed by atoms with Crippen LogP contribution in [-0.2, 0) is 16.3 Å². The maximum absolute atomic E-state index is 12.2. The van der Waals surface area contributed by atoms with Gasteiger partial charge in [-0.15, -0.1) is 10.2 Å². The molecule has 1 atom stereocenters. The van der Waals surface area contributed by atoms with Crippen LogP contribution >= 0.6 is 11.8 Å². The highest BCUT2D eigenvalue weighted by Crippen LogP contribution is 2.24. The summed E-state index contributed by atoms with van der Waals surface area (Å²) in [7, 11) is -1.34. The summed E-state index contributed by atoms with van der Waals surface area (Å²) in [4.78, 5) is 12.2. The van der Waals surface area contributed by atoms with Crippen LogP contribution in [0.15, 0.2) is 33.9 Å². The number of aromatic nitrogens is 2. The Labute approximate surface area is 150 Å². The quantitative estimate of drug-likeness (QED) is 0.530. The van der Waals surface area contributed by atoms with Gasteiger partial charge in [0.15, 0.2) is 15.6 Å². The lowest BCUT2D eigenvalue weighted by Crippen LogP contribution is -2.07. The number of carbonyl (C=O) groups excluding carboxylic acids is 1. The summed E-state index contributed by atoms with van der Waals surface area (Å²) in [6, 6.07) is 6.89. The molecular formula is C16H18N2O5S2. The van der Waals surface area contributed by atoms with Gasteiger partial charge in [0.25, 0.3) is 5.22 Å². The zero-order valence-corrected chi connectivity index (χ0v) is 15.3. The Morgan fingerprint density at radius 1 is 1.32 bits per heavy atom. The molecule has 0 aliphatic carbocycles. The fourth-order valence-corrected chi connectivity index (χ4v) is 5.18. The Hall–Kier alpha value is -1.87. The number of methoxy groups -OCH3 is 1. The van der Waals surface area contributed by atoms with Crippen molar-refractivity contribution in [2.75, 3.05) is 24.4 Å². The maximum Gasteiger partial charge on any atom is 0.277 e. The highest BCUT2D eigenvalue weighted by Gasteiger charge is 2.29. The summed E-state index contributed by atoms with van der Waals surface area (Å²) in [5, 5.41) is 8.17. The molecule has 1 saturated heterocycles. The largest absolute Gasteiger partial charge is 0.497 e. The first-order chi connectivity index (χ1) is 11.9. The number of ketones is 1. The summed E-state index contributed by atoms with van der Waals surface area (Å²) in [5.74, 6) is 1.68. The monoisotopic (exact) mass is 382 g/mol. The highest BCUT2D eigenvalue weighted by atomic mass is 32.2. The Bertz CT molecular complexity index is 846. The van der Waals surface area contributed by atoms with Gasteiger partial charge in [-0.1, -0.05) is 11.8 Å². The van der Waals surface area contributed by atoms with Gasteiger partial charge in [-0.2, -0.15) is 0 Å². The number of benzene rings is 1. The number of thioether (sulfide) groups is 1. The molecule has 0 amide bonds. The third-order valence-corrected chi connectivity index (χ3v) is 6.63. The molecule has 1 aromatic heterocycles. The molecule has 2 aromatic rings. The predicted octanol–water partition coefficient (Wildman–Crippen LogP) is 2.03. The minimum absolute atomic E-state index is 0.0317. The fraction of sp³-hybridized carbons (Fsp3) is 0.438. The van der Waals surface area contributed by atoms with Crippen molar-refractivity contribution in [3.8, 4) is 5.75 Å². The molecule has 0 spiro atoms. The summed E-state index contributed by atoms with van der Waals surface area (Å²) in [6.45, 7) is 0. The number of nitrogens with zero attached hydrogens (tertiary/aromatic N) is 2. The highest BCUT2D eigenvalue weighted by molar-refractivity contribution is 7.99. The standard InChI is InChI=1S/C16H18N2O5S2/c1-22-13-4-2-12(3-5-13)14(19)9-24-16-18-17-15(23-16)8-11-6-7-25(20,21)10-11/h2-5,11H,6-10H2,1H3/t11-/m1/s1. The van der Waals surface area contributed by atoms with Gasteiger partial charge >= 0.3 is 0 Å². The average molecular weight is 382 g/mol. The van der Waals surface area contributed by atoms with Gasteiger partial charge in [0.2, 0.25) is 5.89 Å². The molecule has 2 heterocycles. The number of sulfone groups is 1. The molecule has 9 heteroatoms. The van der Waals surface area contributed by atoms with Gasteiger partial charge in [0.05, 0.1) is 24.4 Å². The molecule has 1 aliphatic heterocycles. The van der Waals surface area contributed by atoms with Crippen LogP contribution in [-0.4, -0.2) is 48.8 Å². The minimum atomic E-state index is -2.91. The molecule has 0 bridgehead atoms. The molecule has 25 heavy (non-hydrogen) atoms. The number of carbonyl (C=O) groups is 1. The molecule has 7 nitrogen and oxygen atoms in total. The summed E-state index contributed by atoms with van der Waals surface area (Å²) >= 11 is 1.17. The van der Waals surface area contributed by atoms with E-state index < -0.39 is 9.84 Å². The number of Topliss-reactive ketones (excluding diaryl/α,β-unsaturated/α-hetero) is 1. The molecule has 0 radical (unpaired) electrons. The zero-order valence-electron chi connectivity index (χ0n) is 13.7. The van der Waals surface area contributed by atoms with Crippen molar-refractivity contribution >= 4 is 27.4 Å². The average Bonchev–Trinajstić information content (AvgIpc) is 3.19. The van der Waals surface area contributed by atoms with Gasteiger partial charge < -0.3 is 9.15 Å². The molecule has 1 aromatic carbocycles. The van der Waals surface area contributed by atoms with Crippen LogP contribution in [0.3, 0.4) is 0 Å². The minimum Gasteiger partial charge on any atom is -0.497 e. The van der Waals surface area contributed by atoms with E-state index in [1.165, 1.54) is 11.8 Å². The van der Waals surface area contributed by atoms with Crippen molar-refractivity contribution < 1.29 is 22.4 Å². The van der Waals surface area contributed by atoms with Crippen molar-refractivity contribution in [1.82, 2.24) is 10.2 Å². The Morgan fingerprint density at radius 2 is 2.08 bits per heavy atom. The predicted molar refractivity (Wildman–Crippen MR) is 92.8 cm³/mol. The molecular weight excluding hydrogens is 364 g/mol. The van der Waals surface area contributed by atoms with E-state index in [0.29, 0.717) is 35.3 Å². The van der Waals surface area contributed by atoms with Crippen LogP contribution in [0.5, 0.6) is 5.75 Å². The molecule has 0 saturated carbocycles. The van der Waals surface area contributed by atoms with E-state index in [0.717, 1.165) is 0 Å². The second-order valence-electron chi connectivity index (χ2n) is 5.88. The molecule has 0 unspecified atom stereocenters. The van der Waals surface area contributed by atoms with Gasteiger partial charge in [-0.25, -0.2) is 8.42 Å². The van der Waals surface area contributed by atoms with Gasteiger partial charge in [-0.3, -0.25) is 4.79 Å². The normalized spacial score (nSPS) is 19.0. The van der Waals surface area contributed by atoms with Gasteiger partial charge in [0, 0.05) is 12.0 Å². The van der Waals surface area contributed by atoms with E-state index >= 15 is 0 Å². The molecule has 134 valence electrons. The number of hydrogen-bond acceptors (Lipinski definition) is 8. The first-order valence-corrected chi connectivity index (χ1v) is 10.6. The smallest absolute Gasteiger partial charge is 0.277 e. The first kappa shape index (κ1) is 17.9. The second-order valence-corrected chi connectivity index (χ2v) is 9.03. The fourth-order valence-electron chi connectivity index (χ4n) is 2.65. The third kappa shape index (κ3) is 4.82. The number of hydrogen-bond donors (Lipinski definition) is 0. The van der Waals surface area contributed by atoms with Crippen molar-refractivity contribution in [3.63, 3.8) is 0 Å². The Kier molecular flexibility index (Phi) is 5.43. The Morgan fingerprint density at radius 3 is 2.72 bits per heavy atom. The number of ether oxygens (including phenoxy) is 1. The van der Waals surface area contributed by atoms with Crippen LogP contribution in [0.2, 0.25) is 0 Å². The second kappa shape index (κ2) is 7.57. The van der Waals surface area contributed by atoms with E-state index in [9.17, 15) is 13.2 Å². The van der Waals surface area contributed by atoms with Crippen molar-refractivity contribution in [2.24, 2.45) is 5.92 Å². The van der Waals surface area contributed by atoms with Crippen molar-refractivity contribution in [2.45, 2.75) is 18.1 Å². The van der Waals surface area contributed by atoms with Crippen LogP contribution in [0.4, 0.5) is 0 Å². The lowest BCUT2D eigenvalue weighted by Gasteiger charge is -2.02. The third-order valence-electron chi connectivity index (χ3n) is 3.98. The van der Waals surface area contributed by atoms with Gasteiger partial charge in [0.1, 0.15) is 5.75 Å². The van der Waals surface area contributed by atoms with E-state index in [1.54, 1.807) is 31.4 Å². The van der Waals surface area contributed by atoms with Gasteiger partial charge in [-0.05, 0) is 36.6 Å². The van der Waals surface area contributed by atoms with E-state index in [2.05, 4.69) is 10.2 Å². The molecule has 1 fully saturated rings. The van der Waals surface area contributed by atoms with Crippen LogP contribution < -0.4 is 4.74 Å². The Balaban J connectivity index is 1.52. The summed E-state index contributed by atoms with van der Waals surface area (Å²) < 4.78 is 33.5. The maximum atomic E-state index is 12.2. The first-order valence-electron chi connectivity index (χ1n) is 7.78. The van der Waals surface area contributed by atoms with E-state index in [-0.39, 0.29) is 29.0 Å². The topological polar surface area (TPSA) is 99.4 Å². The van der Waals surface area contributed by atoms with Crippen LogP contribution in [0.25, 0.3) is 0 Å². The lowest BCUT2D eigenvalue weighted by molar-refractivity contribution is 0.102. The molecule has 3 rings (SSSR count). The van der Waals surface area contributed by atoms with E-state index in [4.69, 9.17) is 9.15 Å². The SMILES string of the molecule is COc1ccc(C(=O)CSc2nnc(C[C@H]3CCS(=O)(=O)C3)o2)cc1. The summed E-state index contributed by atoms with van der Waals surface area (Å²) in [5.41, 5.74) is 0.587. The van der Waals surface area contributed by atoms with Crippen LogP contribution in [0.1, 0.15) is 22.7 Å². The zero-order chi connectivity index (χ0) is 17.9.